The first-order valence-electron chi connectivity index (χ1n) is 8.65. The second-order valence-corrected chi connectivity index (χ2v) is 7.32. The van der Waals surface area contributed by atoms with E-state index in [1.54, 1.807) is 12.1 Å². The number of rotatable bonds is 4. The molecule has 7 nitrogen and oxygen atoms in total. The number of carbonyl (C=O) groups excluding carboxylic acids is 3. The lowest BCUT2D eigenvalue weighted by atomic mass is 10.0. The molecule has 2 rings (SSSR count). The molecule has 1 heterocycles. The van der Waals surface area contributed by atoms with Gasteiger partial charge in [0.2, 0.25) is 0 Å². The maximum Gasteiger partial charge on any atom is 0.407 e. The van der Waals surface area contributed by atoms with Gasteiger partial charge in [-0.05, 0) is 51.8 Å². The highest BCUT2D eigenvalue weighted by molar-refractivity contribution is 5.97. The molecule has 0 radical (unpaired) electrons. The minimum absolute atomic E-state index is 0.0881. The lowest BCUT2D eigenvalue weighted by Gasteiger charge is -2.35. The number of anilines is 1. The van der Waals surface area contributed by atoms with Crippen molar-refractivity contribution in [2.24, 2.45) is 0 Å². The molecule has 26 heavy (non-hydrogen) atoms. The van der Waals surface area contributed by atoms with Gasteiger partial charge in [0, 0.05) is 24.7 Å². The average molecular weight is 362 g/mol. The molecule has 1 aromatic carbocycles. The number of ether oxygens (including phenoxy) is 2. The first-order chi connectivity index (χ1) is 12.2. The van der Waals surface area contributed by atoms with Gasteiger partial charge >= 0.3 is 12.1 Å². The monoisotopic (exact) mass is 362 g/mol. The first-order valence-corrected chi connectivity index (χ1v) is 8.65. The van der Waals surface area contributed by atoms with Gasteiger partial charge in [-0.2, -0.15) is 0 Å². The van der Waals surface area contributed by atoms with E-state index < -0.39 is 17.7 Å². The van der Waals surface area contributed by atoms with Crippen LogP contribution in [0.1, 0.15) is 54.3 Å². The van der Waals surface area contributed by atoms with E-state index in [9.17, 15) is 14.4 Å². The van der Waals surface area contributed by atoms with Crippen LogP contribution in [-0.4, -0.2) is 50.2 Å². The molecular formula is C19H26N2O5. The summed E-state index contributed by atoms with van der Waals surface area (Å²) in [6, 6.07) is 4.85. The number of aldehydes is 1. The van der Waals surface area contributed by atoms with Crippen molar-refractivity contribution in [1.29, 1.82) is 0 Å². The number of alkyl carbamates (subject to hydrolysis) is 1. The van der Waals surface area contributed by atoms with Crippen molar-refractivity contribution >= 4 is 24.0 Å². The minimum atomic E-state index is -0.554. The van der Waals surface area contributed by atoms with Gasteiger partial charge in [0.05, 0.1) is 18.4 Å². The molecule has 0 aromatic heterocycles. The summed E-state index contributed by atoms with van der Waals surface area (Å²) >= 11 is 0. The summed E-state index contributed by atoms with van der Waals surface area (Å²) in [5.41, 5.74) is 0.893. The molecule has 1 amide bonds. The van der Waals surface area contributed by atoms with Gasteiger partial charge in [0.1, 0.15) is 11.9 Å². The third-order valence-corrected chi connectivity index (χ3v) is 4.04. The van der Waals surface area contributed by atoms with Crippen LogP contribution in [-0.2, 0) is 9.47 Å². The Morgan fingerprint density at radius 3 is 2.65 bits per heavy atom. The highest BCUT2D eigenvalue weighted by atomic mass is 16.6. The lowest BCUT2D eigenvalue weighted by Crippen LogP contribution is -2.49. The molecule has 1 unspecified atom stereocenters. The Balaban J connectivity index is 2.15. The molecule has 0 aliphatic carbocycles. The van der Waals surface area contributed by atoms with Crippen LogP contribution in [0.3, 0.4) is 0 Å². The number of hydrogen-bond acceptors (Lipinski definition) is 6. The van der Waals surface area contributed by atoms with Crippen molar-refractivity contribution < 1.29 is 23.9 Å². The van der Waals surface area contributed by atoms with Crippen molar-refractivity contribution in [3.8, 4) is 0 Å². The highest BCUT2D eigenvalue weighted by Crippen LogP contribution is 2.26. The number of hydrogen-bond donors (Lipinski definition) is 1. The molecule has 1 aliphatic heterocycles. The smallest absolute Gasteiger partial charge is 0.407 e. The summed E-state index contributed by atoms with van der Waals surface area (Å²) in [6.45, 7) is 6.74. The molecule has 7 heteroatoms. The van der Waals surface area contributed by atoms with Crippen LogP contribution in [0.15, 0.2) is 18.2 Å². The van der Waals surface area contributed by atoms with E-state index in [0.717, 1.165) is 19.4 Å². The Bertz CT molecular complexity index is 681. The molecular weight excluding hydrogens is 336 g/mol. The van der Waals surface area contributed by atoms with E-state index in [0.29, 0.717) is 29.6 Å². The molecule has 0 bridgehead atoms. The zero-order valence-electron chi connectivity index (χ0n) is 15.7. The van der Waals surface area contributed by atoms with Crippen molar-refractivity contribution in [3.05, 3.63) is 29.3 Å². The summed E-state index contributed by atoms with van der Waals surface area (Å²) in [6.07, 6.45) is 1.93. The average Bonchev–Trinajstić information content (AvgIpc) is 2.59. The number of amides is 1. The van der Waals surface area contributed by atoms with E-state index in [4.69, 9.17) is 9.47 Å². The SMILES string of the molecule is COC(=O)c1cc(C=O)ccc1N1CCCC(NC(=O)OC(C)(C)C)C1. The predicted molar refractivity (Wildman–Crippen MR) is 97.8 cm³/mol. The fourth-order valence-electron chi connectivity index (χ4n) is 2.96. The van der Waals surface area contributed by atoms with E-state index in [-0.39, 0.29) is 6.04 Å². The Labute approximate surface area is 153 Å². The molecule has 0 spiro atoms. The molecule has 1 N–H and O–H groups in total. The Morgan fingerprint density at radius 2 is 2.04 bits per heavy atom. The Hall–Kier alpha value is -2.57. The first kappa shape index (κ1) is 19.8. The molecule has 1 saturated heterocycles. The Kier molecular flexibility index (Phi) is 6.23. The molecule has 1 atom stereocenters. The molecule has 1 aliphatic rings. The topological polar surface area (TPSA) is 84.9 Å². The van der Waals surface area contributed by atoms with Crippen molar-refractivity contribution in [1.82, 2.24) is 5.32 Å². The van der Waals surface area contributed by atoms with Gasteiger partial charge in [-0.15, -0.1) is 0 Å². The van der Waals surface area contributed by atoms with Crippen LogP contribution >= 0.6 is 0 Å². The largest absolute Gasteiger partial charge is 0.465 e. The van der Waals surface area contributed by atoms with Gasteiger partial charge in [-0.1, -0.05) is 0 Å². The number of piperidine rings is 1. The second-order valence-electron chi connectivity index (χ2n) is 7.32. The predicted octanol–water partition coefficient (Wildman–Crippen LogP) is 2.78. The quantitative estimate of drug-likeness (QED) is 0.655. The lowest BCUT2D eigenvalue weighted by molar-refractivity contribution is 0.0498. The van der Waals surface area contributed by atoms with Crippen LogP contribution < -0.4 is 10.2 Å². The van der Waals surface area contributed by atoms with Crippen LogP contribution in [0.5, 0.6) is 0 Å². The fourth-order valence-corrected chi connectivity index (χ4v) is 2.96. The number of benzene rings is 1. The van der Waals surface area contributed by atoms with Gasteiger partial charge in [0.25, 0.3) is 0 Å². The number of carbonyl (C=O) groups is 3. The van der Waals surface area contributed by atoms with E-state index in [1.165, 1.54) is 13.2 Å². The zero-order chi connectivity index (χ0) is 19.3. The van der Waals surface area contributed by atoms with Crippen LogP contribution in [0.2, 0.25) is 0 Å². The van der Waals surface area contributed by atoms with Crippen LogP contribution in [0, 0.1) is 0 Å². The van der Waals surface area contributed by atoms with E-state index in [1.807, 2.05) is 25.7 Å². The van der Waals surface area contributed by atoms with E-state index in [2.05, 4.69) is 5.32 Å². The number of nitrogens with zero attached hydrogens (tertiary/aromatic N) is 1. The minimum Gasteiger partial charge on any atom is -0.465 e. The van der Waals surface area contributed by atoms with Gasteiger partial charge in [0.15, 0.2) is 0 Å². The van der Waals surface area contributed by atoms with Crippen molar-refractivity contribution in [3.63, 3.8) is 0 Å². The van der Waals surface area contributed by atoms with E-state index >= 15 is 0 Å². The standard InChI is InChI=1S/C19H26N2O5/c1-19(2,3)26-18(24)20-14-6-5-9-21(11-14)16-8-7-13(12-22)10-15(16)17(23)25-4/h7-8,10,12,14H,5-6,9,11H2,1-4H3,(H,20,24). The molecule has 1 fully saturated rings. The summed E-state index contributed by atoms with van der Waals surface area (Å²) in [4.78, 5) is 37.2. The molecule has 1 aromatic rings. The third-order valence-electron chi connectivity index (χ3n) is 4.04. The summed E-state index contributed by atoms with van der Waals surface area (Å²) in [5, 5.41) is 2.89. The zero-order valence-corrected chi connectivity index (χ0v) is 15.7. The number of methoxy groups -OCH3 is 1. The highest BCUT2D eigenvalue weighted by Gasteiger charge is 2.26. The van der Waals surface area contributed by atoms with Gasteiger partial charge in [-0.3, -0.25) is 4.79 Å². The van der Waals surface area contributed by atoms with Crippen molar-refractivity contribution in [2.75, 3.05) is 25.1 Å². The summed E-state index contributed by atoms with van der Waals surface area (Å²) in [5.74, 6) is -0.495. The summed E-state index contributed by atoms with van der Waals surface area (Å²) < 4.78 is 10.2. The Morgan fingerprint density at radius 1 is 1.31 bits per heavy atom. The molecule has 0 saturated carbocycles. The number of nitrogens with one attached hydrogen (secondary N) is 1. The second kappa shape index (κ2) is 8.21. The maximum atomic E-state index is 12.1. The van der Waals surface area contributed by atoms with Crippen LogP contribution in [0.4, 0.5) is 10.5 Å². The van der Waals surface area contributed by atoms with Crippen molar-refractivity contribution in [2.45, 2.75) is 45.3 Å². The maximum absolute atomic E-state index is 12.1. The van der Waals surface area contributed by atoms with Gasteiger partial charge in [-0.25, -0.2) is 9.59 Å². The molecule has 142 valence electrons. The fraction of sp³-hybridized carbons (Fsp3) is 0.526. The van der Waals surface area contributed by atoms with Gasteiger partial charge < -0.3 is 19.7 Å². The third kappa shape index (κ3) is 5.21. The van der Waals surface area contributed by atoms with Crippen LogP contribution in [0.25, 0.3) is 0 Å². The normalized spacial score (nSPS) is 17.4. The number of esters is 1. The summed E-state index contributed by atoms with van der Waals surface area (Å²) in [7, 11) is 1.31.